The van der Waals surface area contributed by atoms with Crippen LogP contribution in [0.4, 0.5) is 0 Å². The maximum absolute atomic E-state index is 9.20. The standard InChI is InChI=1S/C6H13NO5/c7-3-5(10)4(9)2(1-8)12-6(3)11/h2-6,8-11H,1,7H2/t2?,3?,4-,5+,6-/m0/s1. The van der Waals surface area contributed by atoms with Gasteiger partial charge in [-0.3, -0.25) is 0 Å². The van der Waals surface area contributed by atoms with Crippen molar-refractivity contribution >= 4 is 0 Å². The summed E-state index contributed by atoms with van der Waals surface area (Å²) in [5.41, 5.74) is 5.26. The summed E-state index contributed by atoms with van der Waals surface area (Å²) >= 11 is 0. The molecule has 1 saturated heterocycles. The molecule has 6 N–H and O–H groups in total. The maximum Gasteiger partial charge on any atom is 0.173 e. The third-order valence-electron chi connectivity index (χ3n) is 1.95. The Labute approximate surface area is 69.2 Å². The Morgan fingerprint density at radius 1 is 1.17 bits per heavy atom. The number of aliphatic hydroxyl groups is 4. The van der Waals surface area contributed by atoms with E-state index < -0.39 is 37.3 Å². The summed E-state index contributed by atoms with van der Waals surface area (Å²) in [7, 11) is 0. The van der Waals surface area contributed by atoms with E-state index in [1.807, 2.05) is 0 Å². The minimum absolute atomic E-state index is 0.470. The zero-order chi connectivity index (χ0) is 9.30. The average Bonchev–Trinajstić information content (AvgIpc) is 2.08. The first-order chi connectivity index (χ1) is 5.57. The molecule has 1 fully saturated rings. The molecule has 0 aliphatic carbocycles. The van der Waals surface area contributed by atoms with E-state index in [0.29, 0.717) is 0 Å². The predicted molar refractivity (Wildman–Crippen MR) is 38.0 cm³/mol. The quantitative estimate of drug-likeness (QED) is 0.288. The molecule has 1 rings (SSSR count). The topological polar surface area (TPSA) is 116 Å². The highest BCUT2D eigenvalue weighted by Crippen LogP contribution is 2.17. The summed E-state index contributed by atoms with van der Waals surface area (Å²) in [4.78, 5) is 0. The summed E-state index contributed by atoms with van der Waals surface area (Å²) in [6, 6.07) is -1.04. The normalized spacial score (nSPS) is 49.2. The highest BCUT2D eigenvalue weighted by molar-refractivity contribution is 4.90. The van der Waals surface area contributed by atoms with Crippen molar-refractivity contribution in [3.63, 3.8) is 0 Å². The van der Waals surface area contributed by atoms with Crippen molar-refractivity contribution < 1.29 is 25.2 Å². The molecule has 0 aromatic rings. The van der Waals surface area contributed by atoms with Crippen LogP contribution in [-0.2, 0) is 4.74 Å². The van der Waals surface area contributed by atoms with Crippen molar-refractivity contribution in [2.24, 2.45) is 5.73 Å². The Hall–Kier alpha value is -0.240. The molecule has 6 nitrogen and oxygen atoms in total. The van der Waals surface area contributed by atoms with Gasteiger partial charge in [-0.05, 0) is 0 Å². The Morgan fingerprint density at radius 3 is 2.25 bits per heavy atom. The largest absolute Gasteiger partial charge is 0.394 e. The SMILES string of the molecule is NC1[C@@H](O)[C@@H](O)C(CO)O[C@@H]1O. The molecule has 0 radical (unpaired) electrons. The van der Waals surface area contributed by atoms with E-state index in [0.717, 1.165) is 0 Å². The van der Waals surface area contributed by atoms with Gasteiger partial charge in [0.05, 0.1) is 12.6 Å². The molecular formula is C6H13NO5. The molecule has 12 heavy (non-hydrogen) atoms. The van der Waals surface area contributed by atoms with Crippen molar-refractivity contribution in [2.45, 2.75) is 30.6 Å². The van der Waals surface area contributed by atoms with Crippen LogP contribution < -0.4 is 5.73 Å². The molecule has 0 amide bonds. The summed E-state index contributed by atoms with van der Waals surface area (Å²) in [6.45, 7) is -0.470. The monoisotopic (exact) mass is 179 g/mol. The molecule has 2 unspecified atom stereocenters. The van der Waals surface area contributed by atoms with Gasteiger partial charge in [0, 0.05) is 0 Å². The van der Waals surface area contributed by atoms with Crippen LogP contribution in [0.15, 0.2) is 0 Å². The van der Waals surface area contributed by atoms with Crippen LogP contribution in [-0.4, -0.2) is 57.7 Å². The molecule has 72 valence electrons. The van der Waals surface area contributed by atoms with Gasteiger partial charge in [0.25, 0.3) is 0 Å². The van der Waals surface area contributed by atoms with Crippen LogP contribution in [0.2, 0.25) is 0 Å². The van der Waals surface area contributed by atoms with Crippen LogP contribution in [0.3, 0.4) is 0 Å². The van der Waals surface area contributed by atoms with Gasteiger partial charge in [0.15, 0.2) is 6.29 Å². The zero-order valence-electron chi connectivity index (χ0n) is 6.37. The fraction of sp³-hybridized carbons (Fsp3) is 1.00. The molecule has 5 atom stereocenters. The van der Waals surface area contributed by atoms with E-state index in [-0.39, 0.29) is 0 Å². The first-order valence-corrected chi connectivity index (χ1v) is 3.64. The van der Waals surface area contributed by atoms with Crippen molar-refractivity contribution in [1.82, 2.24) is 0 Å². The fourth-order valence-corrected chi connectivity index (χ4v) is 1.12. The number of rotatable bonds is 1. The summed E-state index contributed by atoms with van der Waals surface area (Å²) in [6.07, 6.45) is -4.85. The summed E-state index contributed by atoms with van der Waals surface area (Å²) in [5, 5.41) is 36.1. The Kier molecular flexibility index (Phi) is 2.99. The van der Waals surface area contributed by atoms with Gasteiger partial charge in [-0.15, -0.1) is 0 Å². The second-order valence-electron chi connectivity index (χ2n) is 2.81. The number of hydrogen-bond donors (Lipinski definition) is 5. The lowest BCUT2D eigenvalue weighted by Gasteiger charge is -2.38. The van der Waals surface area contributed by atoms with E-state index >= 15 is 0 Å². The molecule has 1 heterocycles. The summed E-state index contributed by atoms with van der Waals surface area (Å²) < 4.78 is 4.70. The molecule has 0 aromatic carbocycles. The Balaban J connectivity index is 2.63. The van der Waals surface area contributed by atoms with Crippen LogP contribution in [0.5, 0.6) is 0 Å². The molecule has 0 aromatic heterocycles. The maximum atomic E-state index is 9.20. The second-order valence-corrected chi connectivity index (χ2v) is 2.81. The smallest absolute Gasteiger partial charge is 0.173 e. The predicted octanol–water partition coefficient (Wildman–Crippen LogP) is -3.26. The molecule has 0 saturated carbocycles. The van der Waals surface area contributed by atoms with Crippen molar-refractivity contribution in [3.8, 4) is 0 Å². The van der Waals surface area contributed by atoms with Gasteiger partial charge in [0.1, 0.15) is 18.3 Å². The first-order valence-electron chi connectivity index (χ1n) is 3.64. The average molecular weight is 179 g/mol. The van der Waals surface area contributed by atoms with Gasteiger partial charge in [0.2, 0.25) is 0 Å². The lowest BCUT2D eigenvalue weighted by Crippen LogP contribution is -2.61. The van der Waals surface area contributed by atoms with E-state index in [1.54, 1.807) is 0 Å². The number of nitrogens with two attached hydrogens (primary N) is 1. The minimum atomic E-state index is -1.35. The van der Waals surface area contributed by atoms with Gasteiger partial charge in [-0.2, -0.15) is 0 Å². The molecule has 0 bridgehead atoms. The molecular weight excluding hydrogens is 166 g/mol. The molecule has 1 aliphatic heterocycles. The number of hydrogen-bond acceptors (Lipinski definition) is 6. The van der Waals surface area contributed by atoms with Crippen LogP contribution >= 0.6 is 0 Å². The molecule has 0 spiro atoms. The number of ether oxygens (including phenoxy) is 1. The number of aliphatic hydroxyl groups excluding tert-OH is 4. The van der Waals surface area contributed by atoms with Gasteiger partial charge < -0.3 is 30.9 Å². The first kappa shape index (κ1) is 9.85. The Bertz CT molecular complexity index is 150. The lowest BCUT2D eigenvalue weighted by atomic mass is 9.98. The zero-order valence-corrected chi connectivity index (χ0v) is 6.37. The third kappa shape index (κ3) is 1.58. The van der Waals surface area contributed by atoms with Crippen LogP contribution in [0.1, 0.15) is 0 Å². The van der Waals surface area contributed by atoms with Gasteiger partial charge in [-0.25, -0.2) is 0 Å². The van der Waals surface area contributed by atoms with E-state index in [4.69, 9.17) is 20.7 Å². The third-order valence-corrected chi connectivity index (χ3v) is 1.95. The molecule has 1 aliphatic rings. The van der Waals surface area contributed by atoms with Crippen LogP contribution in [0, 0.1) is 0 Å². The van der Waals surface area contributed by atoms with E-state index in [9.17, 15) is 10.2 Å². The highest BCUT2D eigenvalue weighted by Gasteiger charge is 2.41. The second kappa shape index (κ2) is 3.65. The van der Waals surface area contributed by atoms with E-state index in [1.165, 1.54) is 0 Å². The molecule has 6 heteroatoms. The van der Waals surface area contributed by atoms with Crippen molar-refractivity contribution in [3.05, 3.63) is 0 Å². The minimum Gasteiger partial charge on any atom is -0.394 e. The highest BCUT2D eigenvalue weighted by atomic mass is 16.6. The van der Waals surface area contributed by atoms with Crippen molar-refractivity contribution in [1.29, 1.82) is 0 Å². The summed E-state index contributed by atoms with van der Waals surface area (Å²) in [5.74, 6) is 0. The fourth-order valence-electron chi connectivity index (χ4n) is 1.12. The lowest BCUT2D eigenvalue weighted by molar-refractivity contribution is -0.248. The van der Waals surface area contributed by atoms with Crippen LogP contribution in [0.25, 0.3) is 0 Å². The Morgan fingerprint density at radius 2 is 1.75 bits per heavy atom. The van der Waals surface area contributed by atoms with E-state index in [2.05, 4.69) is 0 Å². The van der Waals surface area contributed by atoms with Gasteiger partial charge in [-0.1, -0.05) is 0 Å². The van der Waals surface area contributed by atoms with Gasteiger partial charge >= 0.3 is 0 Å². The van der Waals surface area contributed by atoms with Crippen molar-refractivity contribution in [2.75, 3.05) is 6.61 Å².